The molecule has 0 aliphatic rings. The fraction of sp³-hybridized carbons (Fsp3) is 0.500. The van der Waals surface area contributed by atoms with Crippen LogP contribution in [0.3, 0.4) is 0 Å². The summed E-state index contributed by atoms with van der Waals surface area (Å²) in [5, 5.41) is 0. The van der Waals surface area contributed by atoms with E-state index in [4.69, 9.17) is 0 Å². The Labute approximate surface area is 106 Å². The van der Waals surface area contributed by atoms with Gasteiger partial charge in [-0.15, -0.1) is 0 Å². The molecule has 1 rings (SSSR count). The second kappa shape index (κ2) is 6.24. The molecular formula is C12H17F2NO2S. The number of hydrogen-bond acceptors (Lipinski definition) is 2. The topological polar surface area (TPSA) is 46.2 Å². The molecule has 102 valence electrons. The predicted octanol–water partition coefficient (Wildman–Crippen LogP) is 2.68. The average molecular weight is 277 g/mol. The largest absolute Gasteiger partial charge is 0.240 e. The Morgan fingerprint density at radius 1 is 1.11 bits per heavy atom. The molecule has 0 aliphatic carbocycles. The zero-order valence-electron chi connectivity index (χ0n) is 10.4. The van der Waals surface area contributed by atoms with Gasteiger partial charge >= 0.3 is 0 Å². The van der Waals surface area contributed by atoms with Crippen molar-refractivity contribution in [2.24, 2.45) is 5.92 Å². The summed E-state index contributed by atoms with van der Waals surface area (Å²) >= 11 is 0. The maximum atomic E-state index is 13.0. The van der Waals surface area contributed by atoms with Crippen LogP contribution < -0.4 is 4.72 Å². The van der Waals surface area contributed by atoms with Crippen molar-refractivity contribution in [2.75, 3.05) is 6.54 Å². The van der Waals surface area contributed by atoms with E-state index < -0.39 is 21.7 Å². The van der Waals surface area contributed by atoms with Crippen LogP contribution in [0.25, 0.3) is 0 Å². The van der Waals surface area contributed by atoms with Crippen molar-refractivity contribution in [3.8, 4) is 0 Å². The molecule has 1 aromatic carbocycles. The van der Waals surface area contributed by atoms with Crippen molar-refractivity contribution in [2.45, 2.75) is 31.6 Å². The number of rotatable bonds is 6. The molecule has 0 heterocycles. The first-order chi connectivity index (χ1) is 8.39. The zero-order valence-corrected chi connectivity index (χ0v) is 11.2. The van der Waals surface area contributed by atoms with E-state index in [1.807, 2.05) is 13.8 Å². The molecule has 18 heavy (non-hydrogen) atoms. The first-order valence-electron chi connectivity index (χ1n) is 5.84. The van der Waals surface area contributed by atoms with Gasteiger partial charge in [0.2, 0.25) is 10.0 Å². The molecule has 0 amide bonds. The SMILES string of the molecule is CCC(CC)CNS(=O)(=O)c1cc(F)cc(F)c1. The van der Waals surface area contributed by atoms with Gasteiger partial charge in [-0.3, -0.25) is 0 Å². The second-order valence-corrected chi connectivity index (χ2v) is 5.91. The maximum absolute atomic E-state index is 13.0. The number of hydrogen-bond donors (Lipinski definition) is 1. The van der Waals surface area contributed by atoms with E-state index in [1.165, 1.54) is 0 Å². The Morgan fingerprint density at radius 2 is 1.61 bits per heavy atom. The van der Waals surface area contributed by atoms with Crippen molar-refractivity contribution in [1.82, 2.24) is 4.72 Å². The molecule has 1 aromatic rings. The van der Waals surface area contributed by atoms with Crippen LogP contribution in [0.5, 0.6) is 0 Å². The van der Waals surface area contributed by atoms with Gasteiger partial charge in [-0.1, -0.05) is 26.7 Å². The lowest BCUT2D eigenvalue weighted by atomic mass is 10.0. The minimum atomic E-state index is -3.85. The van der Waals surface area contributed by atoms with E-state index in [0.717, 1.165) is 25.0 Å². The number of benzene rings is 1. The molecule has 6 heteroatoms. The molecule has 0 aliphatic heterocycles. The van der Waals surface area contributed by atoms with Gasteiger partial charge in [0, 0.05) is 12.6 Å². The van der Waals surface area contributed by atoms with E-state index in [1.54, 1.807) is 0 Å². The average Bonchev–Trinajstić information content (AvgIpc) is 2.29. The monoisotopic (exact) mass is 277 g/mol. The van der Waals surface area contributed by atoms with Gasteiger partial charge in [-0.25, -0.2) is 21.9 Å². The Bertz CT molecular complexity index is 479. The van der Waals surface area contributed by atoms with Crippen LogP contribution in [0.2, 0.25) is 0 Å². The highest BCUT2D eigenvalue weighted by molar-refractivity contribution is 7.89. The molecule has 3 nitrogen and oxygen atoms in total. The summed E-state index contributed by atoms with van der Waals surface area (Å²) in [6.07, 6.45) is 1.69. The van der Waals surface area contributed by atoms with Crippen LogP contribution >= 0.6 is 0 Å². The third-order valence-electron chi connectivity index (χ3n) is 2.86. The van der Waals surface area contributed by atoms with Gasteiger partial charge < -0.3 is 0 Å². The minimum Gasteiger partial charge on any atom is -0.211 e. The van der Waals surface area contributed by atoms with Crippen molar-refractivity contribution in [1.29, 1.82) is 0 Å². The van der Waals surface area contributed by atoms with Gasteiger partial charge in [0.1, 0.15) is 11.6 Å². The van der Waals surface area contributed by atoms with E-state index in [2.05, 4.69) is 4.72 Å². The number of sulfonamides is 1. The molecular weight excluding hydrogens is 260 g/mol. The summed E-state index contributed by atoms with van der Waals surface area (Å²) in [5.41, 5.74) is 0. The standard InChI is InChI=1S/C12H17F2NO2S/c1-3-9(4-2)8-15-18(16,17)12-6-10(13)5-11(14)7-12/h5-7,9,15H,3-4,8H2,1-2H3. The first kappa shape index (κ1) is 15.0. The van der Waals surface area contributed by atoms with Crippen molar-refractivity contribution >= 4 is 10.0 Å². The lowest BCUT2D eigenvalue weighted by Gasteiger charge is -2.13. The van der Waals surface area contributed by atoms with Crippen molar-refractivity contribution in [3.05, 3.63) is 29.8 Å². The van der Waals surface area contributed by atoms with E-state index in [9.17, 15) is 17.2 Å². The summed E-state index contributed by atoms with van der Waals surface area (Å²) in [7, 11) is -3.85. The van der Waals surface area contributed by atoms with E-state index in [-0.39, 0.29) is 17.4 Å². The Balaban J connectivity index is 2.86. The fourth-order valence-electron chi connectivity index (χ4n) is 1.57. The molecule has 0 fully saturated rings. The molecule has 1 N–H and O–H groups in total. The summed E-state index contributed by atoms with van der Waals surface area (Å²) in [4.78, 5) is -0.383. The molecule has 0 unspecified atom stereocenters. The Morgan fingerprint density at radius 3 is 2.06 bits per heavy atom. The summed E-state index contributed by atoms with van der Waals surface area (Å²) in [6.45, 7) is 4.20. The highest BCUT2D eigenvalue weighted by Crippen LogP contribution is 2.14. The Hall–Kier alpha value is -1.01. The van der Waals surface area contributed by atoms with Crippen LogP contribution in [-0.2, 0) is 10.0 Å². The third kappa shape index (κ3) is 4.03. The Kier molecular flexibility index (Phi) is 5.22. The lowest BCUT2D eigenvalue weighted by Crippen LogP contribution is -2.29. The predicted molar refractivity (Wildman–Crippen MR) is 65.6 cm³/mol. The molecule has 0 bridgehead atoms. The van der Waals surface area contributed by atoms with E-state index in [0.29, 0.717) is 6.07 Å². The quantitative estimate of drug-likeness (QED) is 0.869. The normalized spacial score (nSPS) is 12.1. The van der Waals surface area contributed by atoms with Crippen LogP contribution in [0.4, 0.5) is 8.78 Å². The van der Waals surface area contributed by atoms with Gasteiger partial charge in [0.05, 0.1) is 4.90 Å². The molecule has 0 saturated heterocycles. The first-order valence-corrected chi connectivity index (χ1v) is 7.33. The number of halogens is 2. The molecule has 0 atom stereocenters. The van der Waals surface area contributed by atoms with Crippen LogP contribution in [0, 0.1) is 17.6 Å². The van der Waals surface area contributed by atoms with E-state index >= 15 is 0 Å². The van der Waals surface area contributed by atoms with Crippen LogP contribution in [0.15, 0.2) is 23.1 Å². The van der Waals surface area contributed by atoms with Gasteiger partial charge in [-0.05, 0) is 18.1 Å². The van der Waals surface area contributed by atoms with Crippen LogP contribution in [0.1, 0.15) is 26.7 Å². The zero-order chi connectivity index (χ0) is 13.8. The molecule has 0 radical (unpaired) electrons. The fourth-order valence-corrected chi connectivity index (χ4v) is 2.73. The summed E-state index contributed by atoms with van der Waals surface area (Å²) < 4.78 is 51.9. The van der Waals surface area contributed by atoms with Crippen molar-refractivity contribution in [3.63, 3.8) is 0 Å². The van der Waals surface area contributed by atoms with Gasteiger partial charge in [0.15, 0.2) is 0 Å². The third-order valence-corrected chi connectivity index (χ3v) is 4.27. The summed E-state index contributed by atoms with van der Waals surface area (Å²) in [5.74, 6) is -1.59. The second-order valence-electron chi connectivity index (χ2n) is 4.14. The maximum Gasteiger partial charge on any atom is 0.240 e. The van der Waals surface area contributed by atoms with Gasteiger partial charge in [0.25, 0.3) is 0 Å². The highest BCUT2D eigenvalue weighted by atomic mass is 32.2. The highest BCUT2D eigenvalue weighted by Gasteiger charge is 2.17. The molecule has 0 saturated carbocycles. The minimum absolute atomic E-state index is 0.221. The lowest BCUT2D eigenvalue weighted by molar-refractivity contribution is 0.478. The van der Waals surface area contributed by atoms with Crippen LogP contribution in [-0.4, -0.2) is 15.0 Å². The van der Waals surface area contributed by atoms with Gasteiger partial charge in [-0.2, -0.15) is 0 Å². The molecule has 0 spiro atoms. The van der Waals surface area contributed by atoms with Crippen molar-refractivity contribution < 1.29 is 17.2 Å². The smallest absolute Gasteiger partial charge is 0.211 e. The molecule has 0 aromatic heterocycles. The summed E-state index contributed by atoms with van der Waals surface area (Å²) in [6, 6.07) is 2.25. The number of nitrogens with one attached hydrogen (secondary N) is 1.